The largest absolute Gasteiger partial charge is 0.368 e. The molecule has 0 fully saturated rings. The zero-order chi connectivity index (χ0) is 14.3. The lowest BCUT2D eigenvalue weighted by Gasteiger charge is -2.03. The molecular formula is C16H15NO2S. The first-order chi connectivity index (χ1) is 9.71. The quantitative estimate of drug-likeness (QED) is 0.783. The standard InChI is InChI=1S/C12H10O2S.C4H5N/c13-15(14,11-7-3-1-4-8-11)12-9-5-2-6-10-12;1-2-4-5-3-1/h1-10H;1-5H. The van der Waals surface area contributed by atoms with Crippen LogP contribution in [-0.2, 0) is 9.84 Å². The van der Waals surface area contributed by atoms with Crippen molar-refractivity contribution in [2.75, 3.05) is 0 Å². The molecule has 3 rings (SSSR count). The molecule has 20 heavy (non-hydrogen) atoms. The fourth-order valence-electron chi connectivity index (χ4n) is 1.61. The van der Waals surface area contributed by atoms with Gasteiger partial charge >= 0.3 is 0 Å². The minimum atomic E-state index is -3.34. The van der Waals surface area contributed by atoms with Crippen LogP contribution >= 0.6 is 0 Å². The van der Waals surface area contributed by atoms with Crippen LogP contribution in [0.25, 0.3) is 0 Å². The highest BCUT2D eigenvalue weighted by molar-refractivity contribution is 7.91. The first-order valence-corrected chi connectivity index (χ1v) is 7.62. The lowest BCUT2D eigenvalue weighted by atomic mass is 10.4. The Morgan fingerprint density at radius 3 is 1.30 bits per heavy atom. The summed E-state index contributed by atoms with van der Waals surface area (Å²) >= 11 is 0. The molecule has 0 unspecified atom stereocenters. The fourth-order valence-corrected chi connectivity index (χ4v) is 2.92. The molecule has 0 aliphatic rings. The number of aromatic amines is 1. The number of sulfone groups is 1. The van der Waals surface area contributed by atoms with Gasteiger partial charge in [0, 0.05) is 12.4 Å². The van der Waals surface area contributed by atoms with Crippen LogP contribution in [0.15, 0.2) is 95.0 Å². The topological polar surface area (TPSA) is 49.9 Å². The average Bonchev–Trinajstić information content (AvgIpc) is 3.09. The number of hydrogen-bond donors (Lipinski definition) is 1. The van der Waals surface area contributed by atoms with Gasteiger partial charge in [-0.25, -0.2) is 8.42 Å². The van der Waals surface area contributed by atoms with Gasteiger partial charge in [0.1, 0.15) is 0 Å². The minimum absolute atomic E-state index is 0.330. The number of nitrogens with one attached hydrogen (secondary N) is 1. The molecule has 1 heterocycles. The second-order valence-electron chi connectivity index (χ2n) is 4.01. The van der Waals surface area contributed by atoms with Crippen molar-refractivity contribution in [3.8, 4) is 0 Å². The molecule has 3 nitrogen and oxygen atoms in total. The predicted octanol–water partition coefficient (Wildman–Crippen LogP) is 3.53. The maximum atomic E-state index is 12.0. The number of aromatic nitrogens is 1. The summed E-state index contributed by atoms with van der Waals surface area (Å²) in [7, 11) is -3.34. The molecule has 3 aromatic rings. The summed E-state index contributed by atoms with van der Waals surface area (Å²) in [5, 5.41) is 0. The Labute approximate surface area is 118 Å². The summed E-state index contributed by atoms with van der Waals surface area (Å²) in [6.45, 7) is 0. The number of benzene rings is 2. The highest BCUT2D eigenvalue weighted by Gasteiger charge is 2.15. The van der Waals surface area contributed by atoms with Crippen LogP contribution < -0.4 is 0 Å². The molecule has 102 valence electrons. The second-order valence-corrected chi connectivity index (χ2v) is 5.96. The summed E-state index contributed by atoms with van der Waals surface area (Å²) in [5.41, 5.74) is 0. The predicted molar refractivity (Wildman–Crippen MR) is 79.1 cm³/mol. The normalized spacial score (nSPS) is 10.4. The van der Waals surface area contributed by atoms with Crippen LogP contribution in [0.1, 0.15) is 0 Å². The van der Waals surface area contributed by atoms with E-state index in [1.165, 1.54) is 0 Å². The molecule has 0 radical (unpaired) electrons. The van der Waals surface area contributed by atoms with Gasteiger partial charge in [0.2, 0.25) is 9.84 Å². The molecule has 0 bridgehead atoms. The second kappa shape index (κ2) is 6.73. The van der Waals surface area contributed by atoms with E-state index >= 15 is 0 Å². The van der Waals surface area contributed by atoms with Crippen molar-refractivity contribution in [1.82, 2.24) is 4.98 Å². The van der Waals surface area contributed by atoms with Crippen molar-refractivity contribution in [1.29, 1.82) is 0 Å². The van der Waals surface area contributed by atoms with Gasteiger partial charge in [-0.1, -0.05) is 36.4 Å². The zero-order valence-corrected chi connectivity index (χ0v) is 11.6. The third kappa shape index (κ3) is 3.59. The van der Waals surface area contributed by atoms with E-state index in [-0.39, 0.29) is 0 Å². The Morgan fingerprint density at radius 2 is 1.00 bits per heavy atom. The fraction of sp³-hybridized carbons (Fsp3) is 0. The van der Waals surface area contributed by atoms with Crippen LogP contribution in [0, 0.1) is 0 Å². The molecule has 1 aromatic heterocycles. The summed E-state index contributed by atoms with van der Waals surface area (Å²) in [6, 6.07) is 20.8. The molecule has 0 saturated carbocycles. The van der Waals surface area contributed by atoms with Crippen molar-refractivity contribution in [3.05, 3.63) is 85.2 Å². The summed E-state index contributed by atoms with van der Waals surface area (Å²) in [4.78, 5) is 3.52. The minimum Gasteiger partial charge on any atom is -0.368 e. The van der Waals surface area contributed by atoms with Crippen LogP contribution in [-0.4, -0.2) is 13.4 Å². The Morgan fingerprint density at radius 1 is 0.600 bits per heavy atom. The van der Waals surface area contributed by atoms with Gasteiger partial charge in [-0.15, -0.1) is 0 Å². The zero-order valence-electron chi connectivity index (χ0n) is 10.8. The van der Waals surface area contributed by atoms with Gasteiger partial charge in [0.05, 0.1) is 9.79 Å². The maximum absolute atomic E-state index is 12.0. The molecule has 2 aromatic carbocycles. The van der Waals surface area contributed by atoms with E-state index < -0.39 is 9.84 Å². The lowest BCUT2D eigenvalue weighted by Crippen LogP contribution is -2.00. The van der Waals surface area contributed by atoms with Gasteiger partial charge in [0.15, 0.2) is 0 Å². The molecule has 0 atom stereocenters. The van der Waals surface area contributed by atoms with E-state index in [4.69, 9.17) is 0 Å². The Kier molecular flexibility index (Phi) is 4.74. The number of hydrogen-bond acceptors (Lipinski definition) is 2. The molecule has 0 aliphatic carbocycles. The molecule has 0 saturated heterocycles. The monoisotopic (exact) mass is 285 g/mol. The first-order valence-electron chi connectivity index (χ1n) is 6.14. The van der Waals surface area contributed by atoms with E-state index in [1.54, 1.807) is 60.7 Å². The van der Waals surface area contributed by atoms with E-state index in [2.05, 4.69) is 4.98 Å². The van der Waals surface area contributed by atoms with Crippen molar-refractivity contribution in [2.45, 2.75) is 9.79 Å². The van der Waals surface area contributed by atoms with Gasteiger partial charge in [-0.2, -0.15) is 0 Å². The van der Waals surface area contributed by atoms with Crippen LogP contribution in [0.3, 0.4) is 0 Å². The summed E-state index contributed by atoms with van der Waals surface area (Å²) in [6.07, 6.45) is 3.75. The van der Waals surface area contributed by atoms with Crippen molar-refractivity contribution in [2.24, 2.45) is 0 Å². The molecule has 0 amide bonds. The van der Waals surface area contributed by atoms with Crippen LogP contribution in [0.5, 0.6) is 0 Å². The molecule has 0 aliphatic heterocycles. The SMILES string of the molecule is O=S(=O)(c1ccccc1)c1ccccc1.c1cc[nH]c1. The smallest absolute Gasteiger partial charge is 0.206 e. The van der Waals surface area contributed by atoms with Crippen LogP contribution in [0.2, 0.25) is 0 Å². The van der Waals surface area contributed by atoms with Crippen LogP contribution in [0.4, 0.5) is 0 Å². The van der Waals surface area contributed by atoms with Crippen molar-refractivity contribution >= 4 is 9.84 Å². The highest BCUT2D eigenvalue weighted by Crippen LogP contribution is 2.19. The van der Waals surface area contributed by atoms with E-state index in [0.29, 0.717) is 9.79 Å². The molecule has 0 spiro atoms. The third-order valence-electron chi connectivity index (χ3n) is 2.60. The van der Waals surface area contributed by atoms with Gasteiger partial charge in [-0.05, 0) is 36.4 Å². The van der Waals surface area contributed by atoms with Gasteiger partial charge in [-0.3, -0.25) is 0 Å². The number of H-pyrrole nitrogens is 1. The third-order valence-corrected chi connectivity index (χ3v) is 4.39. The van der Waals surface area contributed by atoms with Crippen molar-refractivity contribution < 1.29 is 8.42 Å². The van der Waals surface area contributed by atoms with Crippen molar-refractivity contribution in [3.63, 3.8) is 0 Å². The Bertz CT molecular complexity index is 643. The number of rotatable bonds is 2. The Balaban J connectivity index is 0.000000247. The molecule has 4 heteroatoms. The first kappa shape index (κ1) is 14.1. The average molecular weight is 285 g/mol. The summed E-state index contributed by atoms with van der Waals surface area (Å²) < 4.78 is 24.1. The molecular weight excluding hydrogens is 270 g/mol. The van der Waals surface area contributed by atoms with E-state index in [1.807, 2.05) is 24.5 Å². The maximum Gasteiger partial charge on any atom is 0.206 e. The van der Waals surface area contributed by atoms with Gasteiger partial charge in [0.25, 0.3) is 0 Å². The molecule has 1 N–H and O–H groups in total. The van der Waals surface area contributed by atoms with Gasteiger partial charge < -0.3 is 4.98 Å². The summed E-state index contributed by atoms with van der Waals surface area (Å²) in [5.74, 6) is 0. The highest BCUT2D eigenvalue weighted by atomic mass is 32.2. The lowest BCUT2D eigenvalue weighted by molar-refractivity contribution is 0.596. The van der Waals surface area contributed by atoms with E-state index in [0.717, 1.165) is 0 Å². The van der Waals surface area contributed by atoms with E-state index in [9.17, 15) is 8.42 Å². The Hall–Kier alpha value is -2.33.